The smallest absolute Gasteiger partial charge is 0.255 e. The molecule has 0 fully saturated rings. The summed E-state index contributed by atoms with van der Waals surface area (Å²) in [5.74, 6) is -0.571. The Balaban J connectivity index is 1.97. The highest BCUT2D eigenvalue weighted by molar-refractivity contribution is 9.10. The van der Waals surface area contributed by atoms with Crippen LogP contribution in [0.15, 0.2) is 22.7 Å². The lowest BCUT2D eigenvalue weighted by Gasteiger charge is -2.10. The maximum absolute atomic E-state index is 12.2. The molecule has 2 N–H and O–H groups in total. The molecule has 2 aromatic rings. The third-order valence-electron chi connectivity index (χ3n) is 3.61. The van der Waals surface area contributed by atoms with E-state index in [1.165, 1.54) is 0 Å². The third kappa shape index (κ3) is 3.98. The largest absolute Gasteiger partial charge is 0.343 e. The lowest BCUT2D eigenvalue weighted by atomic mass is 10.2. The molecule has 0 bridgehead atoms. The molecule has 1 aromatic carbocycles. The highest BCUT2D eigenvalue weighted by atomic mass is 79.9. The Hall–Kier alpha value is -2.15. The average Bonchev–Trinajstić information content (AvgIpc) is 2.73. The predicted octanol–water partition coefficient (Wildman–Crippen LogP) is 2.48. The van der Waals surface area contributed by atoms with Gasteiger partial charge in [0.15, 0.2) is 0 Å². The van der Waals surface area contributed by atoms with E-state index in [4.69, 9.17) is 0 Å². The highest BCUT2D eigenvalue weighted by Crippen LogP contribution is 2.19. The number of aryl methyl sites for hydroxylation is 3. The first-order valence-corrected chi connectivity index (χ1v) is 7.93. The number of halogens is 1. The number of carbonyl (C=O) groups excluding carboxylic acids is 2. The zero-order chi connectivity index (χ0) is 17.1. The Bertz CT molecular complexity index is 768. The molecule has 0 spiro atoms. The predicted molar refractivity (Wildman–Crippen MR) is 92.5 cm³/mol. The molecule has 7 heteroatoms. The monoisotopic (exact) mass is 378 g/mol. The van der Waals surface area contributed by atoms with Gasteiger partial charge >= 0.3 is 0 Å². The lowest BCUT2D eigenvalue weighted by Crippen LogP contribution is -2.33. The van der Waals surface area contributed by atoms with Crippen molar-refractivity contribution in [2.24, 2.45) is 7.05 Å². The van der Waals surface area contributed by atoms with Crippen molar-refractivity contribution >= 4 is 33.4 Å². The van der Waals surface area contributed by atoms with Crippen molar-refractivity contribution in [3.05, 3.63) is 45.2 Å². The summed E-state index contributed by atoms with van der Waals surface area (Å²) in [7, 11) is 1.78. The van der Waals surface area contributed by atoms with Crippen LogP contribution in [0.4, 0.5) is 5.69 Å². The summed E-state index contributed by atoms with van der Waals surface area (Å²) in [6.07, 6.45) is 0. The van der Waals surface area contributed by atoms with Crippen LogP contribution in [0.1, 0.15) is 27.3 Å². The molecule has 0 radical (unpaired) electrons. The van der Waals surface area contributed by atoms with E-state index in [0.717, 1.165) is 21.4 Å². The number of rotatable bonds is 4. The highest BCUT2D eigenvalue weighted by Gasteiger charge is 2.17. The molecular weight excluding hydrogens is 360 g/mol. The Kier molecular flexibility index (Phi) is 5.20. The van der Waals surface area contributed by atoms with Crippen molar-refractivity contribution in [3.63, 3.8) is 0 Å². The maximum Gasteiger partial charge on any atom is 0.255 e. The van der Waals surface area contributed by atoms with E-state index >= 15 is 0 Å². The second kappa shape index (κ2) is 6.95. The van der Waals surface area contributed by atoms with Gasteiger partial charge < -0.3 is 10.6 Å². The molecular formula is C16H19BrN4O2. The number of nitrogens with zero attached hydrogens (tertiary/aromatic N) is 2. The van der Waals surface area contributed by atoms with Gasteiger partial charge in [-0.25, -0.2) is 0 Å². The van der Waals surface area contributed by atoms with Crippen LogP contribution < -0.4 is 10.6 Å². The van der Waals surface area contributed by atoms with Crippen molar-refractivity contribution < 1.29 is 9.59 Å². The summed E-state index contributed by atoms with van der Waals surface area (Å²) in [5, 5.41) is 9.61. The number of carbonyl (C=O) groups is 2. The van der Waals surface area contributed by atoms with Crippen molar-refractivity contribution in [3.8, 4) is 0 Å². The van der Waals surface area contributed by atoms with Crippen molar-refractivity contribution in [2.45, 2.75) is 20.8 Å². The van der Waals surface area contributed by atoms with Gasteiger partial charge in [-0.05, 0) is 44.5 Å². The Morgan fingerprint density at radius 3 is 2.52 bits per heavy atom. The van der Waals surface area contributed by atoms with E-state index in [0.29, 0.717) is 11.3 Å². The summed E-state index contributed by atoms with van der Waals surface area (Å²) in [5.41, 5.74) is 3.59. The molecule has 0 aliphatic heterocycles. The second-order valence-corrected chi connectivity index (χ2v) is 6.28. The molecule has 1 heterocycles. The molecule has 122 valence electrons. The van der Waals surface area contributed by atoms with E-state index in [2.05, 4.69) is 31.7 Å². The minimum atomic E-state index is -0.296. The molecule has 2 rings (SSSR count). The molecule has 0 aliphatic carbocycles. The fraction of sp³-hybridized carbons (Fsp3) is 0.312. The van der Waals surface area contributed by atoms with Crippen LogP contribution in [-0.2, 0) is 11.8 Å². The molecule has 23 heavy (non-hydrogen) atoms. The van der Waals surface area contributed by atoms with Crippen LogP contribution >= 0.6 is 15.9 Å². The number of hydrogen-bond donors (Lipinski definition) is 2. The number of benzene rings is 1. The molecule has 0 unspecified atom stereocenters. The van der Waals surface area contributed by atoms with Gasteiger partial charge in [0.25, 0.3) is 5.91 Å². The first-order valence-electron chi connectivity index (χ1n) is 7.14. The summed E-state index contributed by atoms with van der Waals surface area (Å²) < 4.78 is 2.60. The SMILES string of the molecule is Cc1cc(Br)ccc1NC(=O)CNC(=O)c1c(C)nn(C)c1C. The summed E-state index contributed by atoms with van der Waals surface area (Å²) in [6, 6.07) is 5.58. The average molecular weight is 379 g/mol. The van der Waals surface area contributed by atoms with E-state index in [-0.39, 0.29) is 18.4 Å². The van der Waals surface area contributed by atoms with E-state index in [1.807, 2.05) is 32.0 Å². The molecule has 0 atom stereocenters. The molecule has 6 nitrogen and oxygen atoms in total. The van der Waals surface area contributed by atoms with E-state index in [9.17, 15) is 9.59 Å². The van der Waals surface area contributed by atoms with Crippen LogP contribution in [-0.4, -0.2) is 28.1 Å². The maximum atomic E-state index is 12.2. The fourth-order valence-corrected chi connectivity index (χ4v) is 2.79. The topological polar surface area (TPSA) is 76.0 Å². The lowest BCUT2D eigenvalue weighted by molar-refractivity contribution is -0.115. The zero-order valence-electron chi connectivity index (χ0n) is 13.5. The number of nitrogens with one attached hydrogen (secondary N) is 2. The van der Waals surface area contributed by atoms with E-state index < -0.39 is 0 Å². The normalized spacial score (nSPS) is 10.5. The van der Waals surface area contributed by atoms with Crippen LogP contribution in [0.3, 0.4) is 0 Å². The van der Waals surface area contributed by atoms with Gasteiger partial charge in [0.05, 0.1) is 17.8 Å². The van der Waals surface area contributed by atoms with Gasteiger partial charge in [-0.15, -0.1) is 0 Å². The van der Waals surface area contributed by atoms with Gasteiger partial charge in [0.1, 0.15) is 0 Å². The van der Waals surface area contributed by atoms with Crippen molar-refractivity contribution in [1.82, 2.24) is 15.1 Å². The molecule has 2 amide bonds. The first-order chi connectivity index (χ1) is 10.8. The number of anilines is 1. The summed E-state index contributed by atoms with van der Waals surface area (Å²) in [6.45, 7) is 5.40. The van der Waals surface area contributed by atoms with Gasteiger partial charge in [-0.3, -0.25) is 14.3 Å². The Labute approximate surface area is 143 Å². The van der Waals surface area contributed by atoms with Crippen LogP contribution in [0, 0.1) is 20.8 Å². The number of aromatic nitrogens is 2. The van der Waals surface area contributed by atoms with E-state index in [1.54, 1.807) is 18.7 Å². The third-order valence-corrected chi connectivity index (χ3v) is 4.10. The van der Waals surface area contributed by atoms with Crippen molar-refractivity contribution in [2.75, 3.05) is 11.9 Å². The molecule has 1 aromatic heterocycles. The Morgan fingerprint density at radius 2 is 1.96 bits per heavy atom. The molecule has 0 aliphatic rings. The first kappa shape index (κ1) is 17.2. The second-order valence-electron chi connectivity index (χ2n) is 5.36. The minimum absolute atomic E-state index is 0.0951. The van der Waals surface area contributed by atoms with Gasteiger partial charge in [0.2, 0.25) is 5.91 Å². The minimum Gasteiger partial charge on any atom is -0.343 e. The standard InChI is InChI=1S/C16H19BrN4O2/c1-9-7-12(17)5-6-13(9)19-14(22)8-18-16(23)15-10(2)20-21(4)11(15)3/h5-7H,8H2,1-4H3,(H,18,23)(H,19,22). The summed E-state index contributed by atoms with van der Waals surface area (Å²) in [4.78, 5) is 24.2. The number of amides is 2. The fourth-order valence-electron chi connectivity index (χ4n) is 2.31. The van der Waals surface area contributed by atoms with Gasteiger partial charge in [-0.2, -0.15) is 5.10 Å². The van der Waals surface area contributed by atoms with Crippen molar-refractivity contribution in [1.29, 1.82) is 0 Å². The van der Waals surface area contributed by atoms with Crippen LogP contribution in [0.25, 0.3) is 0 Å². The molecule has 0 saturated carbocycles. The summed E-state index contributed by atoms with van der Waals surface area (Å²) >= 11 is 3.38. The van der Waals surface area contributed by atoms with Gasteiger partial charge in [-0.1, -0.05) is 15.9 Å². The molecule has 0 saturated heterocycles. The number of hydrogen-bond acceptors (Lipinski definition) is 3. The zero-order valence-corrected chi connectivity index (χ0v) is 15.1. The quantitative estimate of drug-likeness (QED) is 0.857. The van der Waals surface area contributed by atoms with Crippen LogP contribution in [0.2, 0.25) is 0 Å². The van der Waals surface area contributed by atoms with Gasteiger partial charge in [0, 0.05) is 22.9 Å². The van der Waals surface area contributed by atoms with Crippen LogP contribution in [0.5, 0.6) is 0 Å². The Morgan fingerprint density at radius 1 is 1.26 bits per heavy atom.